The second-order valence-electron chi connectivity index (χ2n) is 5.51. The second kappa shape index (κ2) is 7.56. The molecular weight excluding hydrogens is 415 g/mol. The maximum Gasteiger partial charge on any atom is 0.293 e. The molecule has 138 valence electrons. The number of ketones is 1. The molecule has 1 aliphatic rings. The number of rotatable bonds is 4. The van der Waals surface area contributed by atoms with Crippen LogP contribution in [0.15, 0.2) is 47.6 Å². The van der Waals surface area contributed by atoms with Crippen LogP contribution in [-0.2, 0) is 14.4 Å². The Labute approximate surface area is 168 Å². The van der Waals surface area contributed by atoms with Crippen molar-refractivity contribution in [2.75, 3.05) is 10.3 Å². The van der Waals surface area contributed by atoms with Crippen molar-refractivity contribution in [1.29, 1.82) is 0 Å². The van der Waals surface area contributed by atoms with E-state index in [-0.39, 0.29) is 26.6 Å². The first-order valence-electron chi connectivity index (χ1n) is 7.52. The van der Waals surface area contributed by atoms with Crippen molar-refractivity contribution in [3.05, 3.63) is 57.5 Å². The van der Waals surface area contributed by atoms with Crippen molar-refractivity contribution >= 4 is 69.6 Å². The van der Waals surface area contributed by atoms with Crippen molar-refractivity contribution in [1.82, 2.24) is 0 Å². The Morgan fingerprint density at radius 1 is 1.04 bits per heavy atom. The Hall–Kier alpha value is -2.61. The zero-order valence-corrected chi connectivity index (χ0v) is 15.7. The zero-order valence-electron chi connectivity index (χ0n) is 13.4. The third-order valence-corrected chi connectivity index (χ3v) is 4.75. The molecule has 0 saturated carbocycles. The smallest absolute Gasteiger partial charge is 0.293 e. The van der Waals surface area contributed by atoms with Gasteiger partial charge in [-0.3, -0.25) is 14.4 Å². The van der Waals surface area contributed by atoms with Gasteiger partial charge in [0.25, 0.3) is 11.8 Å². The Morgan fingerprint density at radius 2 is 1.67 bits per heavy atom. The summed E-state index contributed by atoms with van der Waals surface area (Å²) >= 11 is 17.7. The maximum atomic E-state index is 12.5. The predicted molar refractivity (Wildman–Crippen MR) is 104 cm³/mol. The summed E-state index contributed by atoms with van der Waals surface area (Å²) in [4.78, 5) is 37.3. The summed E-state index contributed by atoms with van der Waals surface area (Å²) in [6.07, 6.45) is 0. The van der Waals surface area contributed by atoms with E-state index in [0.29, 0.717) is 5.69 Å². The molecule has 2 aromatic rings. The van der Waals surface area contributed by atoms with E-state index in [0.717, 1.165) is 5.01 Å². The Bertz CT molecular complexity index is 979. The summed E-state index contributed by atoms with van der Waals surface area (Å²) in [6.45, 7) is 0. The van der Waals surface area contributed by atoms with Crippen LogP contribution in [0.5, 0.6) is 0 Å². The fraction of sp³-hybridized carbons (Fsp3) is 0.0588. The lowest BCUT2D eigenvalue weighted by Gasteiger charge is -2.13. The van der Waals surface area contributed by atoms with Gasteiger partial charge in [-0.15, -0.1) is 0 Å². The number of carbonyl (C=O) groups excluding carboxylic acids is 3. The van der Waals surface area contributed by atoms with Crippen molar-refractivity contribution in [3.8, 4) is 0 Å². The van der Waals surface area contributed by atoms with Gasteiger partial charge in [0.2, 0.25) is 5.78 Å². The van der Waals surface area contributed by atoms with Crippen molar-refractivity contribution < 1.29 is 14.4 Å². The maximum absolute atomic E-state index is 12.5. The molecule has 0 fully saturated rings. The molecule has 0 spiro atoms. The number of para-hydroxylation sites is 1. The first kappa shape index (κ1) is 19.2. The van der Waals surface area contributed by atoms with Crippen LogP contribution >= 0.6 is 34.8 Å². The molecule has 2 aromatic carbocycles. The summed E-state index contributed by atoms with van der Waals surface area (Å²) in [5.74, 6) is -4.67. The highest BCUT2D eigenvalue weighted by molar-refractivity contribution is 6.51. The molecule has 27 heavy (non-hydrogen) atoms. The van der Waals surface area contributed by atoms with Gasteiger partial charge in [-0.25, -0.2) is 0 Å². The highest BCUT2D eigenvalue weighted by atomic mass is 35.5. The molecule has 0 radical (unpaired) electrons. The van der Waals surface area contributed by atoms with Crippen LogP contribution in [0.4, 0.5) is 11.4 Å². The highest BCUT2D eigenvalue weighted by Gasteiger charge is 2.43. The third-order valence-electron chi connectivity index (χ3n) is 3.71. The lowest BCUT2D eigenvalue weighted by atomic mass is 10.0. The van der Waals surface area contributed by atoms with Crippen molar-refractivity contribution in [2.24, 2.45) is 16.8 Å². The molecule has 0 bridgehead atoms. The van der Waals surface area contributed by atoms with E-state index < -0.39 is 23.5 Å². The lowest BCUT2D eigenvalue weighted by molar-refractivity contribution is -0.138. The van der Waals surface area contributed by atoms with Crippen LogP contribution in [0.25, 0.3) is 0 Å². The summed E-state index contributed by atoms with van der Waals surface area (Å²) in [7, 11) is 0. The molecule has 1 heterocycles. The minimum absolute atomic E-state index is 0.0743. The van der Waals surface area contributed by atoms with E-state index in [4.69, 9.17) is 40.5 Å². The normalized spacial score (nSPS) is 16.3. The number of Topliss-reactive ketones (excluding diaryl/α,β-unsaturated/α-hetero) is 1. The molecule has 1 atom stereocenters. The van der Waals surface area contributed by atoms with Gasteiger partial charge in [-0.05, 0) is 24.3 Å². The van der Waals surface area contributed by atoms with E-state index in [2.05, 4.69) is 10.4 Å². The van der Waals surface area contributed by atoms with E-state index >= 15 is 0 Å². The number of anilines is 2. The zero-order chi connectivity index (χ0) is 19.7. The molecule has 10 heteroatoms. The first-order valence-corrected chi connectivity index (χ1v) is 8.65. The Balaban J connectivity index is 1.80. The minimum Gasteiger partial charge on any atom is -0.385 e. The van der Waals surface area contributed by atoms with Crippen LogP contribution in [0, 0.1) is 5.92 Å². The number of amidine groups is 1. The summed E-state index contributed by atoms with van der Waals surface area (Å²) in [5.41, 5.74) is 6.22. The number of hydrazone groups is 1. The number of hydrogen-bond donors (Lipinski definition) is 2. The largest absolute Gasteiger partial charge is 0.385 e. The number of benzene rings is 2. The average molecular weight is 426 g/mol. The average Bonchev–Trinajstić information content (AvgIpc) is 2.94. The number of carbonyl (C=O) groups is 3. The SMILES string of the molecule is NC1=NN(c2ccccc2)C(=O)[C@@H]1C(=O)C(=O)Nc1cc(Cl)c(Cl)cc1Cl. The number of hydrogen-bond acceptors (Lipinski definition) is 5. The van der Waals surface area contributed by atoms with E-state index in [1.807, 2.05) is 0 Å². The third kappa shape index (κ3) is 3.75. The quantitative estimate of drug-likeness (QED) is 0.446. The number of halogens is 3. The molecule has 1 aliphatic heterocycles. The number of amides is 2. The molecule has 2 amide bonds. The number of nitrogens with one attached hydrogen (secondary N) is 1. The van der Waals surface area contributed by atoms with Crippen LogP contribution in [0.2, 0.25) is 15.1 Å². The Kier molecular flexibility index (Phi) is 5.36. The van der Waals surface area contributed by atoms with Crippen molar-refractivity contribution in [2.45, 2.75) is 0 Å². The summed E-state index contributed by atoms with van der Waals surface area (Å²) in [5, 5.41) is 7.58. The molecule has 3 N–H and O–H groups in total. The van der Waals surface area contributed by atoms with Gasteiger partial charge < -0.3 is 11.1 Å². The van der Waals surface area contributed by atoms with E-state index in [1.165, 1.54) is 12.1 Å². The molecule has 7 nitrogen and oxygen atoms in total. The van der Waals surface area contributed by atoms with Crippen LogP contribution in [-0.4, -0.2) is 23.4 Å². The molecule has 0 saturated heterocycles. The lowest BCUT2D eigenvalue weighted by Crippen LogP contribution is -2.41. The van der Waals surface area contributed by atoms with Gasteiger partial charge in [-0.1, -0.05) is 53.0 Å². The van der Waals surface area contributed by atoms with E-state index in [9.17, 15) is 14.4 Å². The molecule has 0 aliphatic carbocycles. The van der Waals surface area contributed by atoms with Gasteiger partial charge in [0.15, 0.2) is 5.92 Å². The molecule has 0 aromatic heterocycles. The van der Waals surface area contributed by atoms with Gasteiger partial charge in [-0.2, -0.15) is 10.1 Å². The standard InChI is InChI=1S/C17H11Cl3N4O3/c18-9-6-11(20)12(7-10(9)19)22-16(26)14(25)13-15(21)23-24(17(13)27)8-4-2-1-3-5-8/h1-7,13H,(H2,21,23)(H,22,26)/t13-/m1/s1. The summed E-state index contributed by atoms with van der Waals surface area (Å²) < 4.78 is 0. The number of nitrogens with two attached hydrogens (primary N) is 1. The molecular formula is C17H11Cl3N4O3. The second-order valence-corrected chi connectivity index (χ2v) is 6.73. The molecule has 3 rings (SSSR count). The summed E-state index contributed by atoms with van der Waals surface area (Å²) in [6, 6.07) is 11.0. The highest BCUT2D eigenvalue weighted by Crippen LogP contribution is 2.32. The van der Waals surface area contributed by atoms with E-state index in [1.54, 1.807) is 30.3 Å². The minimum atomic E-state index is -1.52. The van der Waals surface area contributed by atoms with Crippen LogP contribution in [0.3, 0.4) is 0 Å². The monoisotopic (exact) mass is 424 g/mol. The Morgan fingerprint density at radius 3 is 2.33 bits per heavy atom. The van der Waals surface area contributed by atoms with Crippen LogP contribution in [0.1, 0.15) is 0 Å². The number of nitrogens with zero attached hydrogens (tertiary/aromatic N) is 2. The van der Waals surface area contributed by atoms with Gasteiger partial charge in [0.05, 0.1) is 26.4 Å². The topological polar surface area (TPSA) is 105 Å². The van der Waals surface area contributed by atoms with Crippen LogP contribution < -0.4 is 16.1 Å². The van der Waals surface area contributed by atoms with Gasteiger partial charge in [0, 0.05) is 0 Å². The fourth-order valence-electron chi connectivity index (χ4n) is 2.41. The van der Waals surface area contributed by atoms with Crippen molar-refractivity contribution in [3.63, 3.8) is 0 Å². The molecule has 0 unspecified atom stereocenters. The first-order chi connectivity index (χ1) is 12.8. The predicted octanol–water partition coefficient (Wildman–Crippen LogP) is 3.09. The fourth-order valence-corrected chi connectivity index (χ4v) is 3.00. The van der Waals surface area contributed by atoms with Gasteiger partial charge in [0.1, 0.15) is 5.84 Å². The van der Waals surface area contributed by atoms with Gasteiger partial charge >= 0.3 is 0 Å².